The summed E-state index contributed by atoms with van der Waals surface area (Å²) in [5, 5.41) is 7.08. The molecule has 6 heteroatoms. The van der Waals surface area contributed by atoms with Gasteiger partial charge in [0.05, 0.1) is 6.54 Å². The molecule has 0 aromatic carbocycles. The molecule has 1 amide bonds. The number of anilines is 1. The van der Waals surface area contributed by atoms with Crippen LogP contribution in [0.4, 0.5) is 5.82 Å². The molecule has 106 valence electrons. The monoisotopic (exact) mass is 273 g/mol. The molecule has 2 aromatic rings. The van der Waals surface area contributed by atoms with E-state index in [-0.39, 0.29) is 11.9 Å². The maximum Gasteiger partial charge on any atom is 0.251 e. The van der Waals surface area contributed by atoms with Gasteiger partial charge in [-0.15, -0.1) is 0 Å². The molecule has 2 heterocycles. The van der Waals surface area contributed by atoms with Crippen LogP contribution in [0.25, 0.3) is 0 Å². The lowest BCUT2D eigenvalue weighted by Crippen LogP contribution is -2.35. The second-order valence-corrected chi connectivity index (χ2v) is 4.90. The van der Waals surface area contributed by atoms with Gasteiger partial charge in [-0.1, -0.05) is 0 Å². The van der Waals surface area contributed by atoms with Gasteiger partial charge in [-0.3, -0.25) is 9.48 Å². The molecule has 20 heavy (non-hydrogen) atoms. The summed E-state index contributed by atoms with van der Waals surface area (Å²) in [5.41, 5.74) is 0.607. The molecule has 0 saturated carbocycles. The van der Waals surface area contributed by atoms with E-state index in [1.54, 1.807) is 29.2 Å². The molecular weight excluding hydrogens is 254 g/mol. The van der Waals surface area contributed by atoms with E-state index in [2.05, 4.69) is 15.4 Å². The number of carbonyl (C=O) groups is 1. The molecule has 2 rings (SSSR count). The number of carbonyl (C=O) groups excluding carboxylic acids is 1. The van der Waals surface area contributed by atoms with Crippen molar-refractivity contribution < 1.29 is 4.79 Å². The van der Waals surface area contributed by atoms with E-state index in [9.17, 15) is 4.79 Å². The van der Waals surface area contributed by atoms with E-state index in [1.165, 1.54) is 0 Å². The maximum absolute atomic E-state index is 12.2. The molecule has 0 saturated heterocycles. The van der Waals surface area contributed by atoms with Gasteiger partial charge < -0.3 is 10.2 Å². The van der Waals surface area contributed by atoms with Crippen LogP contribution < -0.4 is 10.2 Å². The Kier molecular flexibility index (Phi) is 4.34. The number of hydrogen-bond acceptors (Lipinski definition) is 4. The van der Waals surface area contributed by atoms with E-state index >= 15 is 0 Å². The highest BCUT2D eigenvalue weighted by molar-refractivity contribution is 5.94. The first kappa shape index (κ1) is 14.0. The van der Waals surface area contributed by atoms with Crippen molar-refractivity contribution in [1.29, 1.82) is 0 Å². The van der Waals surface area contributed by atoms with Crippen LogP contribution in [0.5, 0.6) is 0 Å². The van der Waals surface area contributed by atoms with Crippen LogP contribution in [0.1, 0.15) is 17.3 Å². The molecular formula is C14H19N5O. The molecule has 0 aliphatic rings. The van der Waals surface area contributed by atoms with Crippen molar-refractivity contribution in [1.82, 2.24) is 20.1 Å². The zero-order valence-corrected chi connectivity index (χ0v) is 11.9. The normalized spacial score (nSPS) is 11.9. The van der Waals surface area contributed by atoms with Gasteiger partial charge in [-0.25, -0.2) is 4.98 Å². The second-order valence-electron chi connectivity index (χ2n) is 4.90. The Morgan fingerprint density at radius 2 is 2.25 bits per heavy atom. The van der Waals surface area contributed by atoms with Crippen molar-refractivity contribution in [2.24, 2.45) is 0 Å². The van der Waals surface area contributed by atoms with E-state index < -0.39 is 0 Å². The van der Waals surface area contributed by atoms with Gasteiger partial charge in [0.1, 0.15) is 5.82 Å². The van der Waals surface area contributed by atoms with E-state index in [0.717, 1.165) is 5.82 Å². The van der Waals surface area contributed by atoms with Crippen LogP contribution in [0.3, 0.4) is 0 Å². The average molecular weight is 273 g/mol. The molecule has 0 aliphatic heterocycles. The maximum atomic E-state index is 12.2. The Morgan fingerprint density at radius 1 is 1.45 bits per heavy atom. The van der Waals surface area contributed by atoms with Crippen LogP contribution in [-0.4, -0.2) is 40.8 Å². The molecule has 1 atom stereocenters. The van der Waals surface area contributed by atoms with Gasteiger partial charge in [0, 0.05) is 44.3 Å². The molecule has 0 spiro atoms. The van der Waals surface area contributed by atoms with Gasteiger partial charge in [0.2, 0.25) is 0 Å². The number of hydrogen-bond donors (Lipinski definition) is 1. The van der Waals surface area contributed by atoms with Gasteiger partial charge in [0.25, 0.3) is 5.91 Å². The first-order chi connectivity index (χ1) is 9.56. The molecule has 0 bridgehead atoms. The largest absolute Gasteiger partial charge is 0.363 e. The molecule has 0 fully saturated rings. The number of aromatic nitrogens is 3. The lowest BCUT2D eigenvalue weighted by molar-refractivity contribution is 0.0936. The van der Waals surface area contributed by atoms with Gasteiger partial charge >= 0.3 is 0 Å². The predicted octanol–water partition coefficient (Wildman–Crippen LogP) is 1.16. The Balaban J connectivity index is 1.99. The number of pyridine rings is 1. The van der Waals surface area contributed by atoms with Crippen molar-refractivity contribution in [2.45, 2.75) is 19.5 Å². The second kappa shape index (κ2) is 6.18. The number of rotatable bonds is 5. The van der Waals surface area contributed by atoms with E-state index in [1.807, 2.05) is 38.2 Å². The SMILES string of the molecule is CC(Cn1cccn1)NC(=O)c1ccnc(N(C)C)c1. The summed E-state index contributed by atoms with van der Waals surface area (Å²) in [7, 11) is 3.79. The van der Waals surface area contributed by atoms with E-state index in [0.29, 0.717) is 12.1 Å². The third-order valence-electron chi connectivity index (χ3n) is 2.86. The molecule has 2 aromatic heterocycles. The quantitative estimate of drug-likeness (QED) is 0.888. The zero-order valence-electron chi connectivity index (χ0n) is 11.9. The Hall–Kier alpha value is -2.37. The van der Waals surface area contributed by atoms with Crippen LogP contribution in [0.2, 0.25) is 0 Å². The summed E-state index contributed by atoms with van der Waals surface area (Å²) in [5.74, 6) is 0.660. The van der Waals surface area contributed by atoms with Gasteiger partial charge in [-0.05, 0) is 25.1 Å². The summed E-state index contributed by atoms with van der Waals surface area (Å²) in [4.78, 5) is 18.2. The van der Waals surface area contributed by atoms with Crippen LogP contribution in [0, 0.1) is 0 Å². The first-order valence-electron chi connectivity index (χ1n) is 6.48. The minimum Gasteiger partial charge on any atom is -0.363 e. The number of amides is 1. The van der Waals surface area contributed by atoms with E-state index in [4.69, 9.17) is 0 Å². The van der Waals surface area contributed by atoms with Crippen LogP contribution in [0.15, 0.2) is 36.8 Å². The Labute approximate surface area is 118 Å². The molecule has 0 aliphatic carbocycles. The van der Waals surface area contributed by atoms with Crippen LogP contribution >= 0.6 is 0 Å². The summed E-state index contributed by atoms with van der Waals surface area (Å²) in [6.07, 6.45) is 5.24. The van der Waals surface area contributed by atoms with Crippen molar-refractivity contribution in [2.75, 3.05) is 19.0 Å². The lowest BCUT2D eigenvalue weighted by atomic mass is 10.2. The fourth-order valence-electron chi connectivity index (χ4n) is 1.85. The average Bonchev–Trinajstić information content (AvgIpc) is 2.91. The van der Waals surface area contributed by atoms with Crippen molar-refractivity contribution in [3.63, 3.8) is 0 Å². The van der Waals surface area contributed by atoms with Crippen molar-refractivity contribution in [3.05, 3.63) is 42.4 Å². The summed E-state index contributed by atoms with van der Waals surface area (Å²) < 4.78 is 1.79. The van der Waals surface area contributed by atoms with Crippen molar-refractivity contribution in [3.8, 4) is 0 Å². The van der Waals surface area contributed by atoms with Gasteiger partial charge in [-0.2, -0.15) is 5.10 Å². The molecule has 6 nitrogen and oxygen atoms in total. The fraction of sp³-hybridized carbons (Fsp3) is 0.357. The highest BCUT2D eigenvalue weighted by Gasteiger charge is 2.11. The molecule has 0 radical (unpaired) electrons. The molecule has 1 N–H and O–H groups in total. The first-order valence-corrected chi connectivity index (χ1v) is 6.48. The van der Waals surface area contributed by atoms with Crippen LogP contribution in [-0.2, 0) is 6.54 Å². The third-order valence-corrected chi connectivity index (χ3v) is 2.86. The minimum atomic E-state index is -0.102. The topological polar surface area (TPSA) is 63.1 Å². The highest BCUT2D eigenvalue weighted by Crippen LogP contribution is 2.09. The minimum absolute atomic E-state index is 0.00151. The Bertz CT molecular complexity index is 565. The smallest absolute Gasteiger partial charge is 0.251 e. The van der Waals surface area contributed by atoms with Gasteiger partial charge in [0.15, 0.2) is 0 Å². The predicted molar refractivity (Wildman–Crippen MR) is 77.7 cm³/mol. The highest BCUT2D eigenvalue weighted by atomic mass is 16.1. The summed E-state index contributed by atoms with van der Waals surface area (Å²) in [6, 6.07) is 5.35. The summed E-state index contributed by atoms with van der Waals surface area (Å²) >= 11 is 0. The summed E-state index contributed by atoms with van der Waals surface area (Å²) in [6.45, 7) is 2.60. The fourth-order valence-corrected chi connectivity index (χ4v) is 1.85. The third kappa shape index (κ3) is 3.57. The number of nitrogens with one attached hydrogen (secondary N) is 1. The van der Waals surface area contributed by atoms with Crippen molar-refractivity contribution >= 4 is 11.7 Å². The standard InChI is InChI=1S/C14H19N5O/c1-11(10-19-8-4-6-16-19)17-14(20)12-5-7-15-13(9-12)18(2)3/h4-9,11H,10H2,1-3H3,(H,17,20). The Morgan fingerprint density at radius 3 is 2.90 bits per heavy atom. The lowest BCUT2D eigenvalue weighted by Gasteiger charge is -2.15. The zero-order chi connectivity index (χ0) is 14.5. The molecule has 1 unspecified atom stereocenters. The number of nitrogens with zero attached hydrogens (tertiary/aromatic N) is 4.